The second kappa shape index (κ2) is 9.31. The van der Waals surface area contributed by atoms with Gasteiger partial charge < -0.3 is 15.0 Å². The fraction of sp³-hybridized carbons (Fsp3) is 0.320. The number of nitrogens with one attached hydrogen (secondary N) is 1. The van der Waals surface area contributed by atoms with Crippen LogP contribution >= 0.6 is 11.3 Å². The lowest BCUT2D eigenvalue weighted by Crippen LogP contribution is -2.33. The average Bonchev–Trinajstić information content (AvgIpc) is 3.00. The van der Waals surface area contributed by atoms with Gasteiger partial charge in [-0.25, -0.2) is 9.37 Å². The molecule has 6 nitrogen and oxygen atoms in total. The molecular formula is C25H26FN3O3S. The molecule has 0 unspecified atom stereocenters. The second-order valence-corrected chi connectivity index (χ2v) is 9.09. The van der Waals surface area contributed by atoms with E-state index >= 15 is 0 Å². The second-order valence-electron chi connectivity index (χ2n) is 8.09. The predicted molar refractivity (Wildman–Crippen MR) is 127 cm³/mol. The van der Waals surface area contributed by atoms with Crippen LogP contribution in [0, 0.1) is 19.7 Å². The monoisotopic (exact) mass is 467 g/mol. The Labute approximate surface area is 196 Å². The van der Waals surface area contributed by atoms with E-state index in [1.807, 2.05) is 32.0 Å². The minimum atomic E-state index is -0.312. The molecule has 8 heteroatoms. The number of benzene rings is 2. The molecule has 0 spiro atoms. The van der Waals surface area contributed by atoms with Crippen molar-refractivity contribution in [3.05, 3.63) is 64.1 Å². The normalized spacial score (nSPS) is 13.2. The van der Waals surface area contributed by atoms with E-state index in [-0.39, 0.29) is 17.6 Å². The number of anilines is 1. The summed E-state index contributed by atoms with van der Waals surface area (Å²) in [5.41, 5.74) is 4.01. The summed E-state index contributed by atoms with van der Waals surface area (Å²) in [5, 5.41) is 3.28. The topological polar surface area (TPSA) is 71.5 Å². The van der Waals surface area contributed by atoms with Gasteiger partial charge in [0.15, 0.2) is 5.13 Å². The van der Waals surface area contributed by atoms with Crippen LogP contribution in [0.25, 0.3) is 10.4 Å². The number of aryl methyl sites for hydroxylation is 2. The Kier molecular flexibility index (Phi) is 6.47. The van der Waals surface area contributed by atoms with Crippen molar-refractivity contribution < 1.29 is 18.7 Å². The highest BCUT2D eigenvalue weighted by Crippen LogP contribution is 2.36. The lowest BCUT2D eigenvalue weighted by atomic mass is 10.00. The van der Waals surface area contributed by atoms with Gasteiger partial charge in [-0.15, -0.1) is 0 Å². The molecule has 33 heavy (non-hydrogen) atoms. The first kappa shape index (κ1) is 22.9. The van der Waals surface area contributed by atoms with Gasteiger partial charge in [-0.3, -0.25) is 9.59 Å². The van der Waals surface area contributed by atoms with E-state index in [0.717, 1.165) is 27.4 Å². The van der Waals surface area contributed by atoms with Crippen LogP contribution in [0.5, 0.6) is 5.75 Å². The van der Waals surface area contributed by atoms with Gasteiger partial charge in [0.25, 0.3) is 5.91 Å². The molecule has 172 valence electrons. The van der Waals surface area contributed by atoms with E-state index < -0.39 is 0 Å². The highest BCUT2D eigenvalue weighted by Gasteiger charge is 2.25. The number of halogens is 1. The molecule has 0 saturated carbocycles. The third-order valence-electron chi connectivity index (χ3n) is 5.69. The third-order valence-corrected chi connectivity index (χ3v) is 6.81. The largest absolute Gasteiger partial charge is 0.491 e. The first-order valence-corrected chi connectivity index (χ1v) is 11.7. The molecule has 0 atom stereocenters. The van der Waals surface area contributed by atoms with E-state index in [0.29, 0.717) is 47.9 Å². The zero-order valence-electron chi connectivity index (χ0n) is 19.1. The average molecular weight is 468 g/mol. The van der Waals surface area contributed by atoms with Crippen LogP contribution in [0.2, 0.25) is 0 Å². The van der Waals surface area contributed by atoms with Crippen LogP contribution in [0.4, 0.5) is 9.52 Å². The minimum absolute atomic E-state index is 0.168. The molecular weight excluding hydrogens is 441 g/mol. The Balaban J connectivity index is 1.65. The van der Waals surface area contributed by atoms with Crippen molar-refractivity contribution in [2.75, 3.05) is 18.5 Å². The number of carbonyl (C=O) groups excluding carboxylic acids is 2. The summed E-state index contributed by atoms with van der Waals surface area (Å²) in [6, 6.07) is 9.22. The number of rotatable bonds is 4. The molecule has 2 amide bonds. The number of ether oxygens (including phenoxy) is 1. The number of carbonyl (C=O) groups is 2. The van der Waals surface area contributed by atoms with Gasteiger partial charge in [-0.05, 0) is 55.7 Å². The fourth-order valence-electron chi connectivity index (χ4n) is 4.03. The zero-order chi connectivity index (χ0) is 23.7. The lowest BCUT2D eigenvalue weighted by Gasteiger charge is -2.22. The molecule has 4 rings (SSSR count). The van der Waals surface area contributed by atoms with Crippen molar-refractivity contribution in [1.82, 2.24) is 9.88 Å². The van der Waals surface area contributed by atoms with E-state index in [1.165, 1.54) is 18.3 Å². The SMILES string of the molecule is CCc1c(C(=O)N2CCOc3ccc(-c4sc(NC(C)=O)nc4C)cc3C2)ccc(C)c1F. The summed E-state index contributed by atoms with van der Waals surface area (Å²) < 4.78 is 20.5. The zero-order valence-corrected chi connectivity index (χ0v) is 19.9. The molecule has 3 aromatic rings. The number of fused-ring (bicyclic) bond motifs is 1. The molecule has 1 aliphatic rings. The molecule has 0 bridgehead atoms. The van der Waals surface area contributed by atoms with Crippen molar-refractivity contribution in [3.63, 3.8) is 0 Å². The summed E-state index contributed by atoms with van der Waals surface area (Å²) in [7, 11) is 0. The van der Waals surface area contributed by atoms with Crippen molar-refractivity contribution in [3.8, 4) is 16.2 Å². The number of hydrogen-bond donors (Lipinski definition) is 1. The van der Waals surface area contributed by atoms with Crippen molar-refractivity contribution in [2.45, 2.75) is 40.7 Å². The Bertz CT molecular complexity index is 1240. The van der Waals surface area contributed by atoms with Crippen LogP contribution in [0.1, 0.15) is 46.6 Å². The molecule has 1 aliphatic heterocycles. The van der Waals surface area contributed by atoms with Crippen LogP contribution in [0.15, 0.2) is 30.3 Å². The fourth-order valence-corrected chi connectivity index (χ4v) is 5.04. The van der Waals surface area contributed by atoms with Crippen molar-refractivity contribution >= 4 is 28.3 Å². The van der Waals surface area contributed by atoms with Gasteiger partial charge in [-0.2, -0.15) is 0 Å². The number of thiazole rings is 1. The summed E-state index contributed by atoms with van der Waals surface area (Å²) in [6.07, 6.45) is 0.445. The minimum Gasteiger partial charge on any atom is -0.491 e. The highest BCUT2D eigenvalue weighted by molar-refractivity contribution is 7.19. The maximum absolute atomic E-state index is 14.6. The van der Waals surface area contributed by atoms with Gasteiger partial charge >= 0.3 is 0 Å². The number of nitrogens with zero attached hydrogens (tertiary/aromatic N) is 2. The van der Waals surface area contributed by atoms with Crippen LogP contribution in [0.3, 0.4) is 0 Å². The van der Waals surface area contributed by atoms with Gasteiger partial charge in [-0.1, -0.05) is 24.3 Å². The molecule has 0 radical (unpaired) electrons. The molecule has 2 heterocycles. The van der Waals surface area contributed by atoms with Crippen LogP contribution in [-0.4, -0.2) is 34.8 Å². The van der Waals surface area contributed by atoms with E-state index in [9.17, 15) is 14.0 Å². The maximum atomic E-state index is 14.6. The maximum Gasteiger partial charge on any atom is 0.254 e. The quantitative estimate of drug-likeness (QED) is 0.578. The molecule has 1 aromatic heterocycles. The molecule has 0 saturated heterocycles. The van der Waals surface area contributed by atoms with E-state index in [1.54, 1.807) is 24.0 Å². The Hall–Kier alpha value is -3.26. The molecule has 1 N–H and O–H groups in total. The van der Waals surface area contributed by atoms with Gasteiger partial charge in [0.1, 0.15) is 18.2 Å². The number of hydrogen-bond acceptors (Lipinski definition) is 5. The number of amides is 2. The Morgan fingerprint density at radius 3 is 2.76 bits per heavy atom. The molecule has 0 fully saturated rings. The predicted octanol–water partition coefficient (Wildman–Crippen LogP) is 5.12. The third kappa shape index (κ3) is 4.61. The molecule has 0 aliphatic carbocycles. The Morgan fingerprint density at radius 2 is 2.03 bits per heavy atom. The van der Waals surface area contributed by atoms with E-state index in [4.69, 9.17) is 4.74 Å². The Morgan fingerprint density at radius 1 is 1.24 bits per heavy atom. The smallest absolute Gasteiger partial charge is 0.254 e. The van der Waals surface area contributed by atoms with Crippen LogP contribution < -0.4 is 10.1 Å². The summed E-state index contributed by atoms with van der Waals surface area (Å²) >= 11 is 1.40. The summed E-state index contributed by atoms with van der Waals surface area (Å²) in [6.45, 7) is 8.04. The van der Waals surface area contributed by atoms with Gasteiger partial charge in [0.05, 0.1) is 17.1 Å². The number of aromatic nitrogens is 1. The van der Waals surface area contributed by atoms with Crippen molar-refractivity contribution in [2.24, 2.45) is 0 Å². The summed E-state index contributed by atoms with van der Waals surface area (Å²) in [5.74, 6) is 0.0464. The lowest BCUT2D eigenvalue weighted by molar-refractivity contribution is -0.114. The first-order valence-electron chi connectivity index (χ1n) is 10.9. The first-order chi connectivity index (χ1) is 15.8. The van der Waals surface area contributed by atoms with Crippen molar-refractivity contribution in [1.29, 1.82) is 0 Å². The van der Waals surface area contributed by atoms with E-state index in [2.05, 4.69) is 10.3 Å². The van der Waals surface area contributed by atoms with Crippen LogP contribution in [-0.2, 0) is 17.8 Å². The molecule has 2 aromatic carbocycles. The summed E-state index contributed by atoms with van der Waals surface area (Å²) in [4.78, 5) is 31.8. The van der Waals surface area contributed by atoms with Gasteiger partial charge in [0, 0.05) is 30.2 Å². The standard InChI is InChI=1S/C25H26FN3O3S/c1-5-19-20(8-6-14(2)22(19)26)24(31)29-10-11-32-21-9-7-17(12-18(21)13-29)23-15(3)27-25(33-23)28-16(4)30/h6-9,12H,5,10-11,13H2,1-4H3,(H,27,28,30). The van der Waals surface area contributed by atoms with Gasteiger partial charge in [0.2, 0.25) is 5.91 Å². The highest BCUT2D eigenvalue weighted by atomic mass is 32.1.